The summed E-state index contributed by atoms with van der Waals surface area (Å²) in [5, 5.41) is 19.0. The molecular formula is C28H22IN3O5S. The van der Waals surface area contributed by atoms with Crippen molar-refractivity contribution in [3.8, 4) is 17.6 Å². The van der Waals surface area contributed by atoms with E-state index in [0.29, 0.717) is 39.4 Å². The maximum atomic E-state index is 12.9. The van der Waals surface area contributed by atoms with Crippen LogP contribution >= 0.6 is 34.4 Å². The lowest BCUT2D eigenvalue weighted by Gasteiger charge is -2.15. The molecule has 10 heteroatoms. The molecule has 4 rings (SSSR count). The largest absolute Gasteiger partial charge is 0.490 e. The van der Waals surface area contributed by atoms with Crippen molar-refractivity contribution in [3.63, 3.8) is 0 Å². The van der Waals surface area contributed by atoms with Crippen LogP contribution in [0.4, 0.5) is 5.69 Å². The van der Waals surface area contributed by atoms with E-state index in [1.165, 1.54) is 28.8 Å². The fourth-order valence-electron chi connectivity index (χ4n) is 3.60. The number of amides is 1. The second-order valence-electron chi connectivity index (χ2n) is 8.05. The van der Waals surface area contributed by atoms with E-state index >= 15 is 0 Å². The molecule has 0 bridgehead atoms. The number of nitrogens with zero attached hydrogens (tertiary/aromatic N) is 3. The molecule has 1 saturated heterocycles. The van der Waals surface area contributed by atoms with Gasteiger partial charge in [0.2, 0.25) is 0 Å². The van der Waals surface area contributed by atoms with E-state index in [9.17, 15) is 20.0 Å². The zero-order chi connectivity index (χ0) is 27.2. The first-order valence-electron chi connectivity index (χ1n) is 11.5. The van der Waals surface area contributed by atoms with Gasteiger partial charge in [-0.15, -0.1) is 0 Å². The molecule has 1 aliphatic heterocycles. The summed E-state index contributed by atoms with van der Waals surface area (Å²) < 4.78 is 12.7. The van der Waals surface area contributed by atoms with Gasteiger partial charge >= 0.3 is 5.97 Å². The van der Waals surface area contributed by atoms with E-state index in [1.807, 2.05) is 37.3 Å². The zero-order valence-electron chi connectivity index (χ0n) is 20.5. The lowest BCUT2D eigenvalue weighted by Crippen LogP contribution is -2.23. The smallest absolute Gasteiger partial charge is 0.335 e. The van der Waals surface area contributed by atoms with Crippen LogP contribution in [0.2, 0.25) is 0 Å². The van der Waals surface area contributed by atoms with Crippen molar-refractivity contribution in [3.05, 3.63) is 91.4 Å². The molecule has 0 atom stereocenters. The first-order valence-corrected chi connectivity index (χ1v) is 13.4. The van der Waals surface area contributed by atoms with E-state index in [-0.39, 0.29) is 18.1 Å². The van der Waals surface area contributed by atoms with Crippen LogP contribution in [0.1, 0.15) is 34.0 Å². The molecule has 0 spiro atoms. The van der Waals surface area contributed by atoms with Gasteiger partial charge in [-0.1, -0.05) is 24.3 Å². The highest BCUT2D eigenvalue weighted by Crippen LogP contribution is 2.38. The molecule has 0 unspecified atom stereocenters. The SMILES string of the molecule is CCOc1cc(/C=C2\SC(=Nc3cccc(C(=O)O)c3)N(C)C2=O)cc(I)c1OCc1ccccc1C#N. The number of amidine groups is 1. The number of carboxylic acid groups (broad SMARTS) is 1. The number of halogens is 1. The Labute approximate surface area is 237 Å². The molecule has 1 heterocycles. The maximum absolute atomic E-state index is 12.9. The summed E-state index contributed by atoms with van der Waals surface area (Å²) in [6, 6.07) is 19.4. The van der Waals surface area contributed by atoms with Crippen LogP contribution in [0, 0.1) is 14.9 Å². The Morgan fingerprint density at radius 3 is 2.71 bits per heavy atom. The van der Waals surface area contributed by atoms with Gasteiger partial charge in [-0.3, -0.25) is 9.69 Å². The number of benzene rings is 3. The van der Waals surface area contributed by atoms with Gasteiger partial charge in [-0.05, 0) is 89.3 Å². The van der Waals surface area contributed by atoms with Crippen LogP contribution in [0.5, 0.6) is 11.5 Å². The average Bonchev–Trinajstić information content (AvgIpc) is 3.16. The Morgan fingerprint density at radius 1 is 1.18 bits per heavy atom. The van der Waals surface area contributed by atoms with Gasteiger partial charge in [0, 0.05) is 12.6 Å². The number of thioether (sulfide) groups is 1. The highest BCUT2D eigenvalue weighted by molar-refractivity contribution is 14.1. The van der Waals surface area contributed by atoms with Crippen molar-refractivity contribution in [1.82, 2.24) is 4.90 Å². The Kier molecular flexibility index (Phi) is 8.70. The van der Waals surface area contributed by atoms with Gasteiger partial charge in [0.1, 0.15) is 6.61 Å². The van der Waals surface area contributed by atoms with Gasteiger partial charge in [0.15, 0.2) is 16.7 Å². The summed E-state index contributed by atoms with van der Waals surface area (Å²) in [5.41, 5.74) is 2.64. The average molecular weight is 639 g/mol. The van der Waals surface area contributed by atoms with Crippen molar-refractivity contribution in [2.24, 2.45) is 4.99 Å². The molecule has 3 aromatic carbocycles. The van der Waals surface area contributed by atoms with Crippen LogP contribution in [-0.2, 0) is 11.4 Å². The van der Waals surface area contributed by atoms with Gasteiger partial charge < -0.3 is 14.6 Å². The molecular weight excluding hydrogens is 617 g/mol. The van der Waals surface area contributed by atoms with Crippen LogP contribution in [-0.4, -0.2) is 40.7 Å². The quantitative estimate of drug-likeness (QED) is 0.235. The van der Waals surface area contributed by atoms with Crippen molar-refractivity contribution < 1.29 is 24.2 Å². The number of hydrogen-bond acceptors (Lipinski definition) is 7. The number of carbonyl (C=O) groups is 2. The molecule has 0 aliphatic carbocycles. The molecule has 38 heavy (non-hydrogen) atoms. The summed E-state index contributed by atoms with van der Waals surface area (Å²) in [5.74, 6) is -0.170. The fraction of sp³-hybridized carbons (Fsp3) is 0.143. The van der Waals surface area contributed by atoms with Crippen molar-refractivity contribution in [2.45, 2.75) is 13.5 Å². The Bertz CT molecular complexity index is 1510. The minimum Gasteiger partial charge on any atom is -0.490 e. The monoisotopic (exact) mass is 639 g/mol. The highest BCUT2D eigenvalue weighted by atomic mass is 127. The molecule has 1 N–H and O–H groups in total. The summed E-state index contributed by atoms with van der Waals surface area (Å²) in [4.78, 5) is 30.6. The third-order valence-corrected chi connectivity index (χ3v) is 7.32. The maximum Gasteiger partial charge on any atom is 0.335 e. The molecule has 8 nitrogen and oxygen atoms in total. The number of ether oxygens (including phenoxy) is 2. The van der Waals surface area contributed by atoms with Crippen LogP contribution in [0.3, 0.4) is 0 Å². The number of carbonyl (C=O) groups excluding carboxylic acids is 1. The topological polar surface area (TPSA) is 112 Å². The van der Waals surface area contributed by atoms with E-state index < -0.39 is 5.97 Å². The predicted molar refractivity (Wildman–Crippen MR) is 155 cm³/mol. The number of likely N-dealkylation sites (N-methyl/N-ethyl adjacent to an activating group) is 1. The van der Waals surface area contributed by atoms with Crippen LogP contribution < -0.4 is 9.47 Å². The number of rotatable bonds is 8. The number of hydrogen-bond donors (Lipinski definition) is 1. The Morgan fingerprint density at radius 2 is 1.97 bits per heavy atom. The van der Waals surface area contributed by atoms with E-state index in [4.69, 9.17) is 9.47 Å². The molecule has 192 valence electrons. The second kappa shape index (κ2) is 12.1. The number of nitriles is 1. The van der Waals surface area contributed by atoms with Crippen molar-refractivity contribution in [1.29, 1.82) is 5.26 Å². The first-order chi connectivity index (χ1) is 18.3. The highest BCUT2D eigenvalue weighted by Gasteiger charge is 2.30. The minimum atomic E-state index is -1.04. The Hall–Kier alpha value is -3.82. The predicted octanol–water partition coefficient (Wildman–Crippen LogP) is 6.07. The van der Waals surface area contributed by atoms with Crippen LogP contribution in [0.15, 0.2) is 70.6 Å². The third kappa shape index (κ3) is 6.17. The molecule has 1 aliphatic rings. The van der Waals surface area contributed by atoms with Gasteiger partial charge in [-0.25, -0.2) is 9.79 Å². The molecule has 1 amide bonds. The molecule has 0 saturated carbocycles. The summed E-state index contributed by atoms with van der Waals surface area (Å²) >= 11 is 3.37. The zero-order valence-corrected chi connectivity index (χ0v) is 23.4. The van der Waals surface area contributed by atoms with Gasteiger partial charge in [0.05, 0.1) is 38.0 Å². The van der Waals surface area contributed by atoms with Crippen LogP contribution in [0.25, 0.3) is 6.08 Å². The minimum absolute atomic E-state index is 0.121. The van der Waals surface area contributed by atoms with E-state index in [1.54, 1.807) is 31.3 Å². The van der Waals surface area contributed by atoms with Crippen molar-refractivity contribution in [2.75, 3.05) is 13.7 Å². The Balaban J connectivity index is 1.60. The van der Waals surface area contributed by atoms with E-state index in [2.05, 4.69) is 33.7 Å². The number of aromatic carboxylic acids is 1. The van der Waals surface area contributed by atoms with Gasteiger partial charge in [0.25, 0.3) is 5.91 Å². The lowest BCUT2D eigenvalue weighted by atomic mass is 10.1. The second-order valence-corrected chi connectivity index (χ2v) is 10.2. The third-order valence-electron chi connectivity index (χ3n) is 5.46. The molecule has 0 aromatic heterocycles. The molecule has 1 fully saturated rings. The normalized spacial score (nSPS) is 15.1. The summed E-state index contributed by atoms with van der Waals surface area (Å²) in [6.07, 6.45) is 1.76. The van der Waals surface area contributed by atoms with E-state index in [0.717, 1.165) is 14.7 Å². The molecule has 0 radical (unpaired) electrons. The summed E-state index contributed by atoms with van der Waals surface area (Å²) in [6.45, 7) is 2.51. The first kappa shape index (κ1) is 27.2. The number of carboxylic acids is 1. The lowest BCUT2D eigenvalue weighted by molar-refractivity contribution is -0.121. The number of aliphatic imine (C=N–C) groups is 1. The fourth-order valence-corrected chi connectivity index (χ4v) is 5.37. The standard InChI is InChI=1S/C28H22IN3O5S/c1-3-36-23-12-17(11-22(29)25(23)37-16-20-8-5-4-7-19(20)15-30)13-24-26(33)32(2)28(38-24)31-21-10-6-9-18(14-21)27(34)35/h4-14H,3,16H2,1-2H3,(H,34,35)/b24-13-,31-28?. The molecule has 3 aromatic rings. The summed E-state index contributed by atoms with van der Waals surface area (Å²) in [7, 11) is 1.63. The van der Waals surface area contributed by atoms with Gasteiger partial charge in [-0.2, -0.15) is 5.26 Å². The van der Waals surface area contributed by atoms with Crippen molar-refractivity contribution >= 4 is 63.2 Å².